The molecule has 1 aromatic carbocycles. The molecule has 0 amide bonds. The fourth-order valence-electron chi connectivity index (χ4n) is 2.14. The van der Waals surface area contributed by atoms with Gasteiger partial charge in [-0.3, -0.25) is 10.8 Å². The van der Waals surface area contributed by atoms with Gasteiger partial charge in [0.25, 0.3) is 0 Å². The molecule has 0 spiro atoms. The quantitative estimate of drug-likeness (QED) is 0.299. The molecule has 0 saturated carbocycles. The number of nitrogens with two attached hydrogens (primary N) is 2. The predicted molar refractivity (Wildman–Crippen MR) is 97.6 cm³/mol. The Morgan fingerprint density at radius 1 is 0.880 bits per heavy atom. The van der Waals surface area contributed by atoms with Crippen LogP contribution in [0.2, 0.25) is 0 Å². The standard InChI is InChI=1S/C18H23N5O2/c19-17(20)13-5-4-6-14(11-13)24-9-2-1-3-10-25-15-7-8-16(18(21)22)23-12-15/h4-8,11-12H,1-3,9-10H2,(H3,19,20)(H3,21,22). The lowest BCUT2D eigenvalue weighted by Gasteiger charge is -2.08. The number of hydrogen-bond acceptors (Lipinski definition) is 5. The minimum Gasteiger partial charge on any atom is -0.494 e. The first-order chi connectivity index (χ1) is 12.1. The molecule has 0 unspecified atom stereocenters. The zero-order valence-corrected chi connectivity index (χ0v) is 14.0. The van der Waals surface area contributed by atoms with E-state index in [-0.39, 0.29) is 11.7 Å². The van der Waals surface area contributed by atoms with Crippen molar-refractivity contribution in [2.45, 2.75) is 19.3 Å². The number of aromatic nitrogens is 1. The molecule has 0 atom stereocenters. The maximum Gasteiger partial charge on any atom is 0.141 e. The van der Waals surface area contributed by atoms with E-state index >= 15 is 0 Å². The van der Waals surface area contributed by atoms with Crippen molar-refractivity contribution in [2.24, 2.45) is 11.5 Å². The number of unbranched alkanes of at least 4 members (excludes halogenated alkanes) is 2. The SMILES string of the molecule is N=C(N)c1cccc(OCCCCCOc2ccc(C(=N)N)nc2)c1. The van der Waals surface area contributed by atoms with Crippen LogP contribution in [0.5, 0.6) is 11.5 Å². The van der Waals surface area contributed by atoms with E-state index in [2.05, 4.69) is 4.98 Å². The Morgan fingerprint density at radius 2 is 1.60 bits per heavy atom. The zero-order chi connectivity index (χ0) is 18.1. The van der Waals surface area contributed by atoms with Gasteiger partial charge in [-0.1, -0.05) is 12.1 Å². The third kappa shape index (κ3) is 6.14. The van der Waals surface area contributed by atoms with Gasteiger partial charge in [-0.15, -0.1) is 0 Å². The lowest BCUT2D eigenvalue weighted by Crippen LogP contribution is -2.12. The van der Waals surface area contributed by atoms with Crippen molar-refractivity contribution in [2.75, 3.05) is 13.2 Å². The number of rotatable bonds is 10. The van der Waals surface area contributed by atoms with E-state index in [1.165, 1.54) is 0 Å². The molecule has 2 aromatic rings. The summed E-state index contributed by atoms with van der Waals surface area (Å²) in [6, 6.07) is 10.7. The van der Waals surface area contributed by atoms with Crippen LogP contribution in [-0.4, -0.2) is 29.9 Å². The fourth-order valence-corrected chi connectivity index (χ4v) is 2.14. The van der Waals surface area contributed by atoms with Gasteiger partial charge in [-0.05, 0) is 43.5 Å². The molecular formula is C18H23N5O2. The van der Waals surface area contributed by atoms with Crippen LogP contribution in [0.1, 0.15) is 30.5 Å². The molecule has 1 aromatic heterocycles. The highest BCUT2D eigenvalue weighted by Crippen LogP contribution is 2.14. The second-order valence-electron chi connectivity index (χ2n) is 5.49. The van der Waals surface area contributed by atoms with Crippen LogP contribution >= 0.6 is 0 Å². The van der Waals surface area contributed by atoms with Crippen molar-refractivity contribution in [3.8, 4) is 11.5 Å². The Morgan fingerprint density at radius 3 is 2.20 bits per heavy atom. The number of nitrogen functional groups attached to an aromatic ring is 2. The molecular weight excluding hydrogens is 318 g/mol. The normalized spacial score (nSPS) is 10.2. The summed E-state index contributed by atoms with van der Waals surface area (Å²) in [5.41, 5.74) is 11.9. The first-order valence-corrected chi connectivity index (χ1v) is 8.07. The summed E-state index contributed by atoms with van der Waals surface area (Å²) < 4.78 is 11.3. The number of amidine groups is 2. The molecule has 1 heterocycles. The Hall–Kier alpha value is -3.09. The third-order valence-electron chi connectivity index (χ3n) is 3.48. The van der Waals surface area contributed by atoms with Gasteiger partial charge in [0, 0.05) is 5.56 Å². The summed E-state index contributed by atoms with van der Waals surface area (Å²) in [6.07, 6.45) is 4.37. The van der Waals surface area contributed by atoms with Gasteiger partial charge >= 0.3 is 0 Å². The maximum absolute atomic E-state index is 7.41. The highest BCUT2D eigenvalue weighted by atomic mass is 16.5. The summed E-state index contributed by atoms with van der Waals surface area (Å²) in [5, 5.41) is 14.7. The number of nitrogens with one attached hydrogen (secondary N) is 2. The number of nitrogens with zero attached hydrogens (tertiary/aromatic N) is 1. The van der Waals surface area contributed by atoms with Gasteiger partial charge in [0.2, 0.25) is 0 Å². The molecule has 0 radical (unpaired) electrons. The van der Waals surface area contributed by atoms with Crippen LogP contribution in [0.15, 0.2) is 42.6 Å². The summed E-state index contributed by atoms with van der Waals surface area (Å²) in [7, 11) is 0. The summed E-state index contributed by atoms with van der Waals surface area (Å²) >= 11 is 0. The Kier molecular flexibility index (Phi) is 6.76. The average Bonchev–Trinajstić information content (AvgIpc) is 2.61. The summed E-state index contributed by atoms with van der Waals surface area (Å²) in [5.74, 6) is 1.37. The van der Waals surface area contributed by atoms with Crippen molar-refractivity contribution in [1.82, 2.24) is 4.98 Å². The monoisotopic (exact) mass is 341 g/mol. The van der Waals surface area contributed by atoms with E-state index in [0.717, 1.165) is 25.0 Å². The maximum atomic E-state index is 7.41. The molecule has 0 aliphatic heterocycles. The van der Waals surface area contributed by atoms with E-state index in [1.54, 1.807) is 30.5 Å². The van der Waals surface area contributed by atoms with Gasteiger partial charge in [0.05, 0.1) is 19.4 Å². The highest BCUT2D eigenvalue weighted by molar-refractivity contribution is 5.95. The van der Waals surface area contributed by atoms with Gasteiger partial charge in [0.15, 0.2) is 0 Å². The van der Waals surface area contributed by atoms with E-state index in [9.17, 15) is 0 Å². The van der Waals surface area contributed by atoms with Gasteiger partial charge in [-0.25, -0.2) is 4.98 Å². The van der Waals surface area contributed by atoms with Crippen LogP contribution < -0.4 is 20.9 Å². The van der Waals surface area contributed by atoms with Crippen molar-refractivity contribution in [1.29, 1.82) is 10.8 Å². The molecule has 0 saturated heterocycles. The second-order valence-corrected chi connectivity index (χ2v) is 5.49. The third-order valence-corrected chi connectivity index (χ3v) is 3.48. The molecule has 6 N–H and O–H groups in total. The van der Waals surface area contributed by atoms with Gasteiger partial charge in [-0.2, -0.15) is 0 Å². The van der Waals surface area contributed by atoms with E-state index < -0.39 is 0 Å². The number of hydrogen-bond donors (Lipinski definition) is 4. The van der Waals surface area contributed by atoms with Crippen LogP contribution in [-0.2, 0) is 0 Å². The average molecular weight is 341 g/mol. The van der Waals surface area contributed by atoms with Gasteiger partial charge in [0.1, 0.15) is 28.9 Å². The van der Waals surface area contributed by atoms with E-state index in [1.807, 2.05) is 12.1 Å². The topological polar surface area (TPSA) is 131 Å². The second kappa shape index (κ2) is 9.27. The van der Waals surface area contributed by atoms with Gasteiger partial charge < -0.3 is 20.9 Å². The zero-order valence-electron chi connectivity index (χ0n) is 14.0. The molecule has 7 nitrogen and oxygen atoms in total. The number of pyridine rings is 1. The number of benzene rings is 1. The van der Waals surface area contributed by atoms with Crippen LogP contribution in [0.3, 0.4) is 0 Å². The Bertz CT molecular complexity index is 716. The first-order valence-electron chi connectivity index (χ1n) is 8.07. The molecule has 132 valence electrons. The minimum absolute atomic E-state index is 0.0356. The van der Waals surface area contributed by atoms with E-state index in [0.29, 0.717) is 30.2 Å². The summed E-state index contributed by atoms with van der Waals surface area (Å²) in [4.78, 5) is 4.04. The first kappa shape index (κ1) is 18.3. The molecule has 25 heavy (non-hydrogen) atoms. The lowest BCUT2D eigenvalue weighted by molar-refractivity contribution is 0.279. The largest absolute Gasteiger partial charge is 0.494 e. The van der Waals surface area contributed by atoms with E-state index in [4.69, 9.17) is 31.8 Å². The van der Waals surface area contributed by atoms with Crippen LogP contribution in [0, 0.1) is 10.8 Å². The molecule has 0 aliphatic carbocycles. The highest BCUT2D eigenvalue weighted by Gasteiger charge is 2.01. The fraction of sp³-hybridized carbons (Fsp3) is 0.278. The van der Waals surface area contributed by atoms with Crippen molar-refractivity contribution in [3.63, 3.8) is 0 Å². The van der Waals surface area contributed by atoms with Crippen LogP contribution in [0.4, 0.5) is 0 Å². The molecule has 7 heteroatoms. The lowest BCUT2D eigenvalue weighted by atomic mass is 10.2. The van der Waals surface area contributed by atoms with Crippen molar-refractivity contribution >= 4 is 11.7 Å². The molecule has 2 rings (SSSR count). The number of ether oxygens (including phenoxy) is 2. The minimum atomic E-state index is -0.0552. The Balaban J connectivity index is 1.60. The molecule has 0 aliphatic rings. The molecule has 0 bridgehead atoms. The summed E-state index contributed by atoms with van der Waals surface area (Å²) in [6.45, 7) is 1.21. The van der Waals surface area contributed by atoms with Crippen molar-refractivity contribution < 1.29 is 9.47 Å². The Labute approximate surface area is 147 Å². The smallest absolute Gasteiger partial charge is 0.141 e. The molecule has 0 fully saturated rings. The predicted octanol–water partition coefficient (Wildman–Crippen LogP) is 2.28. The van der Waals surface area contributed by atoms with Crippen molar-refractivity contribution in [3.05, 3.63) is 53.9 Å². The van der Waals surface area contributed by atoms with Crippen LogP contribution in [0.25, 0.3) is 0 Å².